The van der Waals surface area contributed by atoms with Crippen LogP contribution in [0.3, 0.4) is 0 Å². The first-order valence-electron chi connectivity index (χ1n) is 9.97. The molecule has 1 aliphatic carbocycles. The smallest absolute Gasteiger partial charge is 0.365 e. The van der Waals surface area contributed by atoms with E-state index in [4.69, 9.17) is 0 Å². The fourth-order valence-corrected chi connectivity index (χ4v) is 3.24. The van der Waals surface area contributed by atoms with Crippen LogP contribution in [0.1, 0.15) is 50.6 Å². The van der Waals surface area contributed by atoms with Crippen molar-refractivity contribution >= 4 is 16.7 Å². The molecule has 1 saturated carbocycles. The minimum absolute atomic E-state index is 0.116. The van der Waals surface area contributed by atoms with Crippen molar-refractivity contribution in [2.24, 2.45) is 0 Å². The zero-order valence-electron chi connectivity index (χ0n) is 17.5. The monoisotopic (exact) mass is 418 g/mol. The Kier molecular flexibility index (Phi) is 5.87. The largest absolute Gasteiger partial charge is 0.416 e. The molecular formula is C22H25F3N4O. The number of nitrogens with zero attached hydrogens (tertiary/aromatic N) is 3. The Hall–Kier alpha value is -2.90. The standard InChI is InChI=1S/C20H19F3N4O.C2H6/c1-12-25-16-9-17(28)27(19(2)6-7-19)11-15(16)18(26-12)24-10-13-4-3-5-14(8-13)20(21,22)23;1-2/h3-5,8-9,11H,6-7,10H2,1-2H3,(H,24,25,26);1-2H3. The van der Waals surface area contributed by atoms with Crippen molar-refractivity contribution in [3.63, 3.8) is 0 Å². The van der Waals surface area contributed by atoms with Crippen molar-refractivity contribution in [2.75, 3.05) is 5.32 Å². The molecule has 1 N–H and O–H groups in total. The summed E-state index contributed by atoms with van der Waals surface area (Å²) >= 11 is 0. The van der Waals surface area contributed by atoms with Gasteiger partial charge in [-0.1, -0.05) is 26.0 Å². The first kappa shape index (κ1) is 21.8. The van der Waals surface area contributed by atoms with Crippen LogP contribution in [-0.2, 0) is 18.3 Å². The molecule has 0 amide bonds. The summed E-state index contributed by atoms with van der Waals surface area (Å²) in [5.74, 6) is 0.978. The molecule has 5 nitrogen and oxygen atoms in total. The molecule has 8 heteroatoms. The normalized spacial score (nSPS) is 14.8. The third-order valence-electron chi connectivity index (χ3n) is 5.11. The van der Waals surface area contributed by atoms with Crippen molar-refractivity contribution in [2.45, 2.75) is 58.8 Å². The maximum absolute atomic E-state index is 12.9. The maximum Gasteiger partial charge on any atom is 0.416 e. The van der Waals surface area contributed by atoms with Crippen LogP contribution in [0.2, 0.25) is 0 Å². The number of alkyl halides is 3. The van der Waals surface area contributed by atoms with Gasteiger partial charge >= 0.3 is 6.18 Å². The second-order valence-electron chi connectivity index (χ2n) is 7.45. The van der Waals surface area contributed by atoms with Crippen molar-refractivity contribution in [3.05, 3.63) is 63.8 Å². The van der Waals surface area contributed by atoms with Gasteiger partial charge in [0.2, 0.25) is 0 Å². The number of aromatic nitrogens is 3. The lowest BCUT2D eigenvalue weighted by atomic mass is 10.1. The van der Waals surface area contributed by atoms with Crippen LogP contribution < -0.4 is 10.9 Å². The number of nitrogens with one attached hydrogen (secondary N) is 1. The molecule has 0 saturated heterocycles. The summed E-state index contributed by atoms with van der Waals surface area (Å²) in [5.41, 5.74) is 0.0146. The van der Waals surface area contributed by atoms with Crippen LogP contribution in [0.5, 0.6) is 0 Å². The second kappa shape index (κ2) is 8.08. The van der Waals surface area contributed by atoms with Crippen LogP contribution in [0, 0.1) is 6.92 Å². The molecule has 0 bridgehead atoms. The lowest BCUT2D eigenvalue weighted by Gasteiger charge is -2.16. The topological polar surface area (TPSA) is 59.8 Å². The number of anilines is 1. The van der Waals surface area contributed by atoms with E-state index in [1.54, 1.807) is 23.8 Å². The van der Waals surface area contributed by atoms with Gasteiger partial charge in [-0.2, -0.15) is 13.2 Å². The fourth-order valence-electron chi connectivity index (χ4n) is 3.24. The minimum atomic E-state index is -4.38. The van der Waals surface area contributed by atoms with E-state index in [0.717, 1.165) is 25.0 Å². The van der Waals surface area contributed by atoms with Crippen LogP contribution >= 0.6 is 0 Å². The summed E-state index contributed by atoms with van der Waals surface area (Å²) < 4.78 is 40.5. The highest BCUT2D eigenvalue weighted by molar-refractivity contribution is 5.88. The van der Waals surface area contributed by atoms with Gasteiger partial charge in [0.1, 0.15) is 11.6 Å². The predicted molar refractivity (Wildman–Crippen MR) is 112 cm³/mol. The molecule has 4 rings (SSSR count). The summed E-state index contributed by atoms with van der Waals surface area (Å²) in [6.07, 6.45) is -0.779. The number of rotatable bonds is 4. The van der Waals surface area contributed by atoms with Crippen LogP contribution in [0.4, 0.5) is 19.0 Å². The van der Waals surface area contributed by atoms with Crippen molar-refractivity contribution < 1.29 is 13.2 Å². The zero-order valence-corrected chi connectivity index (χ0v) is 17.5. The van der Waals surface area contributed by atoms with Crippen LogP contribution in [-0.4, -0.2) is 14.5 Å². The molecule has 1 fully saturated rings. The van der Waals surface area contributed by atoms with Crippen molar-refractivity contribution in [1.29, 1.82) is 0 Å². The Morgan fingerprint density at radius 3 is 2.50 bits per heavy atom. The number of pyridine rings is 1. The third-order valence-corrected chi connectivity index (χ3v) is 5.11. The first-order chi connectivity index (χ1) is 14.2. The molecule has 0 atom stereocenters. The summed E-state index contributed by atoms with van der Waals surface area (Å²) in [6, 6.07) is 6.66. The van der Waals surface area contributed by atoms with E-state index >= 15 is 0 Å². The highest BCUT2D eigenvalue weighted by Crippen LogP contribution is 2.42. The first-order valence-corrected chi connectivity index (χ1v) is 9.97. The average molecular weight is 418 g/mol. The van der Waals surface area contributed by atoms with Gasteiger partial charge in [-0.3, -0.25) is 4.79 Å². The highest BCUT2D eigenvalue weighted by Gasteiger charge is 2.40. The van der Waals surface area contributed by atoms with Crippen LogP contribution in [0.25, 0.3) is 10.9 Å². The molecular weight excluding hydrogens is 393 g/mol. The van der Waals surface area contributed by atoms with E-state index in [-0.39, 0.29) is 17.6 Å². The highest BCUT2D eigenvalue weighted by atomic mass is 19.4. The van der Waals surface area contributed by atoms with Gasteiger partial charge in [0, 0.05) is 24.3 Å². The number of benzene rings is 1. The molecule has 160 valence electrons. The van der Waals surface area contributed by atoms with Gasteiger partial charge in [-0.15, -0.1) is 0 Å². The average Bonchev–Trinajstić information content (AvgIpc) is 3.45. The fraction of sp³-hybridized carbons (Fsp3) is 0.409. The number of hydrogen-bond donors (Lipinski definition) is 1. The summed E-state index contributed by atoms with van der Waals surface area (Å²) in [7, 11) is 0. The van der Waals surface area contributed by atoms with Gasteiger partial charge in [-0.05, 0) is 44.4 Å². The second-order valence-corrected chi connectivity index (χ2v) is 7.45. The Balaban J connectivity index is 0.00000124. The molecule has 1 aliphatic rings. The predicted octanol–water partition coefficient (Wildman–Crippen LogP) is 5.27. The van der Waals surface area contributed by atoms with Crippen molar-refractivity contribution in [1.82, 2.24) is 14.5 Å². The Labute approximate surface area is 173 Å². The van der Waals surface area contributed by atoms with Gasteiger partial charge in [0.05, 0.1) is 16.5 Å². The molecule has 2 aromatic heterocycles. The molecule has 0 unspecified atom stereocenters. The van der Waals surface area contributed by atoms with Gasteiger partial charge in [0.25, 0.3) is 5.56 Å². The number of hydrogen-bond acceptors (Lipinski definition) is 4. The molecule has 0 aliphatic heterocycles. The molecule has 2 heterocycles. The van der Waals surface area contributed by atoms with Crippen LogP contribution in [0.15, 0.2) is 41.3 Å². The Morgan fingerprint density at radius 2 is 1.87 bits per heavy atom. The van der Waals surface area contributed by atoms with Gasteiger partial charge in [0.15, 0.2) is 0 Å². The summed E-state index contributed by atoms with van der Waals surface area (Å²) in [5, 5.41) is 3.78. The zero-order chi connectivity index (χ0) is 22.1. The number of fused-ring (bicyclic) bond motifs is 1. The SMILES string of the molecule is CC.Cc1nc(NCc2cccc(C(F)(F)F)c2)c2cn(C3(C)CC3)c(=O)cc2n1. The number of halogens is 3. The van der Waals surface area contributed by atoms with E-state index in [1.165, 1.54) is 12.1 Å². The molecule has 0 radical (unpaired) electrons. The molecule has 30 heavy (non-hydrogen) atoms. The quantitative estimate of drug-likeness (QED) is 0.627. The molecule has 0 spiro atoms. The Morgan fingerprint density at radius 1 is 1.17 bits per heavy atom. The van der Waals surface area contributed by atoms with E-state index in [9.17, 15) is 18.0 Å². The molecule has 3 aromatic rings. The number of aryl methyl sites for hydroxylation is 1. The maximum atomic E-state index is 12.9. The van der Waals surface area contributed by atoms with Crippen molar-refractivity contribution in [3.8, 4) is 0 Å². The summed E-state index contributed by atoms with van der Waals surface area (Å²) in [4.78, 5) is 21.2. The Bertz CT molecular complexity index is 1120. The molecule has 1 aromatic carbocycles. The van der Waals surface area contributed by atoms with Gasteiger partial charge in [-0.25, -0.2) is 9.97 Å². The minimum Gasteiger partial charge on any atom is -0.365 e. The van der Waals surface area contributed by atoms with E-state index in [1.807, 2.05) is 20.8 Å². The summed E-state index contributed by atoms with van der Waals surface area (Å²) in [6.45, 7) is 7.90. The lowest BCUT2D eigenvalue weighted by molar-refractivity contribution is -0.137. The lowest BCUT2D eigenvalue weighted by Crippen LogP contribution is -2.27. The van der Waals surface area contributed by atoms with E-state index in [2.05, 4.69) is 15.3 Å². The van der Waals surface area contributed by atoms with E-state index in [0.29, 0.717) is 28.1 Å². The van der Waals surface area contributed by atoms with E-state index < -0.39 is 11.7 Å². The van der Waals surface area contributed by atoms with Gasteiger partial charge < -0.3 is 9.88 Å². The third kappa shape index (κ3) is 4.47.